The van der Waals surface area contributed by atoms with Gasteiger partial charge in [0.1, 0.15) is 0 Å². The van der Waals surface area contributed by atoms with Gasteiger partial charge in [-0.1, -0.05) is 20.8 Å². The monoisotopic (exact) mass is 253 g/mol. The lowest BCUT2D eigenvalue weighted by atomic mass is 9.73. The molecular formula is C16H31NO. The first kappa shape index (κ1) is 14.3. The first-order valence-electron chi connectivity index (χ1n) is 8.00. The number of hydrogen-bond donors (Lipinski definition) is 1. The molecule has 0 saturated heterocycles. The number of nitrogens with zero attached hydrogens (tertiary/aromatic N) is 1. The van der Waals surface area contributed by atoms with Crippen molar-refractivity contribution >= 4 is 0 Å². The van der Waals surface area contributed by atoms with Gasteiger partial charge in [0.25, 0.3) is 0 Å². The zero-order valence-corrected chi connectivity index (χ0v) is 12.4. The van der Waals surface area contributed by atoms with Crippen molar-refractivity contribution in [2.45, 2.75) is 59.0 Å². The number of rotatable bonds is 6. The summed E-state index contributed by atoms with van der Waals surface area (Å²) in [6, 6.07) is 0. The Balaban J connectivity index is 1.87. The second-order valence-corrected chi connectivity index (χ2v) is 6.99. The van der Waals surface area contributed by atoms with Crippen molar-refractivity contribution in [1.29, 1.82) is 0 Å². The molecule has 0 aromatic rings. The topological polar surface area (TPSA) is 23.5 Å². The molecule has 2 nitrogen and oxygen atoms in total. The molecule has 2 aliphatic carbocycles. The normalized spacial score (nSPS) is 37.2. The van der Waals surface area contributed by atoms with E-state index in [1.807, 2.05) is 0 Å². The summed E-state index contributed by atoms with van der Waals surface area (Å²) >= 11 is 0. The van der Waals surface area contributed by atoms with E-state index in [1.165, 1.54) is 38.8 Å². The van der Waals surface area contributed by atoms with E-state index < -0.39 is 0 Å². The van der Waals surface area contributed by atoms with Crippen LogP contribution in [-0.2, 0) is 0 Å². The molecule has 0 radical (unpaired) electrons. The summed E-state index contributed by atoms with van der Waals surface area (Å²) in [5.74, 6) is 2.86. The van der Waals surface area contributed by atoms with Gasteiger partial charge in [0, 0.05) is 19.0 Å². The van der Waals surface area contributed by atoms with Crippen LogP contribution in [-0.4, -0.2) is 35.7 Å². The van der Waals surface area contributed by atoms with E-state index >= 15 is 0 Å². The number of hydrogen-bond acceptors (Lipinski definition) is 2. The van der Waals surface area contributed by atoms with Crippen LogP contribution in [0, 0.1) is 23.7 Å². The van der Waals surface area contributed by atoms with E-state index in [2.05, 4.69) is 25.7 Å². The Morgan fingerprint density at radius 2 is 1.83 bits per heavy atom. The van der Waals surface area contributed by atoms with Crippen LogP contribution < -0.4 is 0 Å². The Labute approximate surface area is 113 Å². The molecule has 2 aliphatic rings. The Kier molecular flexibility index (Phi) is 5.08. The van der Waals surface area contributed by atoms with E-state index in [4.69, 9.17) is 0 Å². The zero-order chi connectivity index (χ0) is 13.1. The molecule has 0 aromatic carbocycles. The predicted octanol–water partition coefficient (Wildman–Crippen LogP) is 3.15. The minimum absolute atomic E-state index is 0.0673. The second kappa shape index (κ2) is 6.38. The standard InChI is InChI=1S/C16H31NO/c1-4-7-17(10-14-5-6-14)11-15-13(3)8-12(2)9-16(15)18/h12-16,18H,4-11H2,1-3H3. The summed E-state index contributed by atoms with van der Waals surface area (Å²) in [5.41, 5.74) is 0. The average Bonchev–Trinajstić information content (AvgIpc) is 3.07. The van der Waals surface area contributed by atoms with Gasteiger partial charge in [-0.15, -0.1) is 0 Å². The minimum atomic E-state index is -0.0673. The molecule has 4 atom stereocenters. The molecule has 0 heterocycles. The third kappa shape index (κ3) is 3.96. The minimum Gasteiger partial charge on any atom is -0.393 e. The first-order valence-corrected chi connectivity index (χ1v) is 8.00. The summed E-state index contributed by atoms with van der Waals surface area (Å²) in [4.78, 5) is 2.62. The second-order valence-electron chi connectivity index (χ2n) is 6.99. The van der Waals surface area contributed by atoms with Crippen molar-refractivity contribution in [3.8, 4) is 0 Å². The smallest absolute Gasteiger partial charge is 0.0585 e. The van der Waals surface area contributed by atoms with Crippen LogP contribution in [0.15, 0.2) is 0 Å². The van der Waals surface area contributed by atoms with Crippen LogP contribution in [0.1, 0.15) is 52.9 Å². The molecule has 0 spiro atoms. The maximum Gasteiger partial charge on any atom is 0.0585 e. The molecule has 106 valence electrons. The van der Waals surface area contributed by atoms with Crippen molar-refractivity contribution in [2.75, 3.05) is 19.6 Å². The Morgan fingerprint density at radius 1 is 1.11 bits per heavy atom. The van der Waals surface area contributed by atoms with Gasteiger partial charge in [-0.3, -0.25) is 0 Å². The molecule has 0 bridgehead atoms. The van der Waals surface area contributed by atoms with E-state index in [0.717, 1.165) is 18.9 Å². The average molecular weight is 253 g/mol. The van der Waals surface area contributed by atoms with E-state index in [1.54, 1.807) is 0 Å². The van der Waals surface area contributed by atoms with Crippen LogP contribution in [0.25, 0.3) is 0 Å². The maximum atomic E-state index is 10.3. The SMILES string of the molecule is CCCN(CC1CC1)CC1C(C)CC(C)CC1O. The van der Waals surface area contributed by atoms with E-state index in [0.29, 0.717) is 17.8 Å². The maximum absolute atomic E-state index is 10.3. The lowest BCUT2D eigenvalue weighted by Gasteiger charge is -2.39. The van der Waals surface area contributed by atoms with Crippen molar-refractivity contribution in [2.24, 2.45) is 23.7 Å². The van der Waals surface area contributed by atoms with Crippen LogP contribution in [0.5, 0.6) is 0 Å². The van der Waals surface area contributed by atoms with Gasteiger partial charge in [0.2, 0.25) is 0 Å². The Bertz CT molecular complexity index is 239. The Morgan fingerprint density at radius 3 is 2.39 bits per heavy atom. The third-order valence-electron chi connectivity index (χ3n) is 4.87. The highest BCUT2D eigenvalue weighted by Crippen LogP contribution is 2.35. The molecule has 0 amide bonds. The van der Waals surface area contributed by atoms with Crippen LogP contribution >= 0.6 is 0 Å². The predicted molar refractivity (Wildman–Crippen MR) is 76.5 cm³/mol. The Hall–Kier alpha value is -0.0800. The van der Waals surface area contributed by atoms with Crippen molar-refractivity contribution in [3.63, 3.8) is 0 Å². The summed E-state index contributed by atoms with van der Waals surface area (Å²) < 4.78 is 0. The largest absolute Gasteiger partial charge is 0.393 e. The van der Waals surface area contributed by atoms with Gasteiger partial charge in [0.15, 0.2) is 0 Å². The fourth-order valence-electron chi connectivity index (χ4n) is 3.71. The molecule has 1 N–H and O–H groups in total. The van der Waals surface area contributed by atoms with Gasteiger partial charge >= 0.3 is 0 Å². The fraction of sp³-hybridized carbons (Fsp3) is 1.00. The molecule has 0 aromatic heterocycles. The third-order valence-corrected chi connectivity index (χ3v) is 4.87. The first-order chi connectivity index (χ1) is 8.60. The van der Waals surface area contributed by atoms with E-state index in [-0.39, 0.29) is 6.10 Å². The lowest BCUT2D eigenvalue weighted by molar-refractivity contribution is -0.00269. The lowest BCUT2D eigenvalue weighted by Crippen LogP contribution is -2.43. The summed E-state index contributed by atoms with van der Waals surface area (Å²) in [5, 5.41) is 10.3. The fourth-order valence-corrected chi connectivity index (χ4v) is 3.71. The van der Waals surface area contributed by atoms with Gasteiger partial charge < -0.3 is 10.0 Å². The highest BCUT2D eigenvalue weighted by Gasteiger charge is 2.34. The quantitative estimate of drug-likeness (QED) is 0.786. The zero-order valence-electron chi connectivity index (χ0n) is 12.4. The molecule has 2 fully saturated rings. The van der Waals surface area contributed by atoms with Gasteiger partial charge in [-0.05, 0) is 56.4 Å². The van der Waals surface area contributed by atoms with Crippen LogP contribution in [0.2, 0.25) is 0 Å². The molecule has 2 saturated carbocycles. The van der Waals surface area contributed by atoms with Crippen LogP contribution in [0.4, 0.5) is 0 Å². The number of aliphatic hydroxyl groups is 1. The highest BCUT2D eigenvalue weighted by molar-refractivity contribution is 4.86. The van der Waals surface area contributed by atoms with Crippen molar-refractivity contribution in [1.82, 2.24) is 4.90 Å². The van der Waals surface area contributed by atoms with Crippen molar-refractivity contribution in [3.05, 3.63) is 0 Å². The summed E-state index contributed by atoms with van der Waals surface area (Å²) in [6.07, 6.45) is 6.34. The van der Waals surface area contributed by atoms with Crippen LogP contribution in [0.3, 0.4) is 0 Å². The highest BCUT2D eigenvalue weighted by atomic mass is 16.3. The van der Waals surface area contributed by atoms with Gasteiger partial charge in [-0.2, -0.15) is 0 Å². The molecular weight excluding hydrogens is 222 g/mol. The molecule has 0 aliphatic heterocycles. The van der Waals surface area contributed by atoms with E-state index in [9.17, 15) is 5.11 Å². The molecule has 18 heavy (non-hydrogen) atoms. The number of aliphatic hydroxyl groups excluding tert-OH is 1. The van der Waals surface area contributed by atoms with Gasteiger partial charge in [-0.25, -0.2) is 0 Å². The summed E-state index contributed by atoms with van der Waals surface area (Å²) in [7, 11) is 0. The summed E-state index contributed by atoms with van der Waals surface area (Å²) in [6.45, 7) is 10.5. The molecule has 4 unspecified atom stereocenters. The molecule has 2 heteroatoms. The van der Waals surface area contributed by atoms with Gasteiger partial charge in [0.05, 0.1) is 6.10 Å². The van der Waals surface area contributed by atoms with Crippen molar-refractivity contribution < 1.29 is 5.11 Å². The molecule has 2 rings (SSSR count).